The molecule has 2 aromatic carbocycles. The third-order valence-electron chi connectivity index (χ3n) is 5.64. The van der Waals surface area contributed by atoms with E-state index in [-0.39, 0.29) is 29.6 Å². The first-order valence-corrected chi connectivity index (χ1v) is 9.98. The third-order valence-corrected chi connectivity index (χ3v) is 5.64. The van der Waals surface area contributed by atoms with Crippen molar-refractivity contribution < 1.29 is 23.6 Å². The topological polar surface area (TPSA) is 83.6 Å². The van der Waals surface area contributed by atoms with Crippen LogP contribution in [0.4, 0.5) is 10.1 Å². The molecule has 1 aliphatic carbocycles. The van der Waals surface area contributed by atoms with E-state index in [1.807, 2.05) is 0 Å². The smallest absolute Gasteiger partial charge is 0.258 e. The van der Waals surface area contributed by atoms with Crippen LogP contribution in [0.25, 0.3) is 0 Å². The van der Waals surface area contributed by atoms with Gasteiger partial charge in [0, 0.05) is 37.1 Å². The van der Waals surface area contributed by atoms with Crippen molar-refractivity contribution >= 4 is 29.1 Å². The van der Waals surface area contributed by atoms with E-state index < -0.39 is 17.8 Å². The molecule has 0 saturated heterocycles. The number of ketones is 2. The zero-order chi connectivity index (χ0) is 21.3. The molecule has 1 N–H and O–H groups in total. The van der Waals surface area contributed by atoms with Crippen LogP contribution in [0.3, 0.4) is 0 Å². The predicted molar refractivity (Wildman–Crippen MR) is 108 cm³/mol. The number of amides is 2. The van der Waals surface area contributed by atoms with Crippen molar-refractivity contribution in [1.29, 1.82) is 0 Å². The van der Waals surface area contributed by atoms with Crippen LogP contribution in [0.15, 0.2) is 42.5 Å². The van der Waals surface area contributed by atoms with Gasteiger partial charge >= 0.3 is 0 Å². The fourth-order valence-electron chi connectivity index (χ4n) is 4.06. The molecule has 1 fully saturated rings. The van der Waals surface area contributed by atoms with E-state index in [0.29, 0.717) is 48.9 Å². The zero-order valence-corrected chi connectivity index (χ0v) is 16.3. The molecule has 0 bridgehead atoms. The van der Waals surface area contributed by atoms with Gasteiger partial charge in [-0.1, -0.05) is 12.1 Å². The van der Waals surface area contributed by atoms with E-state index in [4.69, 9.17) is 0 Å². The van der Waals surface area contributed by atoms with Crippen molar-refractivity contribution in [2.75, 3.05) is 5.32 Å². The van der Waals surface area contributed by atoms with Crippen LogP contribution in [0, 0.1) is 5.82 Å². The predicted octanol–water partition coefficient (Wildman–Crippen LogP) is 3.50. The van der Waals surface area contributed by atoms with E-state index in [9.17, 15) is 23.6 Å². The lowest BCUT2D eigenvalue weighted by molar-refractivity contribution is -0.126. The van der Waals surface area contributed by atoms with Crippen LogP contribution in [0.5, 0.6) is 0 Å². The molecule has 30 heavy (non-hydrogen) atoms. The summed E-state index contributed by atoms with van der Waals surface area (Å²) in [4.78, 5) is 51.1. The average molecular weight is 408 g/mol. The van der Waals surface area contributed by atoms with E-state index in [0.717, 1.165) is 0 Å². The van der Waals surface area contributed by atoms with Crippen LogP contribution in [0.1, 0.15) is 58.4 Å². The number of carbonyl (C=O) groups is 4. The Morgan fingerprint density at radius 1 is 1.03 bits per heavy atom. The Morgan fingerprint density at radius 2 is 1.83 bits per heavy atom. The molecule has 1 saturated carbocycles. The Morgan fingerprint density at radius 3 is 2.63 bits per heavy atom. The number of nitrogens with one attached hydrogen (secondary N) is 1. The summed E-state index contributed by atoms with van der Waals surface area (Å²) in [6.45, 7) is 0.238. The van der Waals surface area contributed by atoms with Crippen LogP contribution in [-0.2, 0) is 16.1 Å². The summed E-state index contributed by atoms with van der Waals surface area (Å²) >= 11 is 0. The maximum atomic E-state index is 13.8. The molecule has 6 nitrogen and oxygen atoms in total. The summed E-state index contributed by atoms with van der Waals surface area (Å²) in [5, 5.41) is 2.65. The van der Waals surface area contributed by atoms with Crippen LogP contribution < -0.4 is 5.32 Å². The lowest BCUT2D eigenvalue weighted by atomic mass is 9.94. The van der Waals surface area contributed by atoms with Gasteiger partial charge in [-0.2, -0.15) is 0 Å². The van der Waals surface area contributed by atoms with Crippen molar-refractivity contribution in [2.45, 2.75) is 44.7 Å². The molecular weight excluding hydrogens is 387 g/mol. The molecule has 0 aromatic heterocycles. The highest BCUT2D eigenvalue weighted by molar-refractivity contribution is 6.06. The minimum atomic E-state index is -0.616. The van der Waals surface area contributed by atoms with Crippen molar-refractivity contribution in [2.24, 2.45) is 0 Å². The monoisotopic (exact) mass is 408 g/mol. The van der Waals surface area contributed by atoms with E-state index in [1.165, 1.54) is 23.1 Å². The minimum Gasteiger partial charge on any atom is -0.324 e. The first-order valence-electron chi connectivity index (χ1n) is 9.98. The highest BCUT2D eigenvalue weighted by atomic mass is 19.1. The minimum absolute atomic E-state index is 0.0169. The number of hydrogen-bond acceptors (Lipinski definition) is 4. The second-order valence-electron chi connectivity index (χ2n) is 7.65. The van der Waals surface area contributed by atoms with Gasteiger partial charge in [0.2, 0.25) is 0 Å². The number of hydrogen-bond donors (Lipinski definition) is 1. The highest BCUT2D eigenvalue weighted by Gasteiger charge is 2.36. The largest absolute Gasteiger partial charge is 0.324 e. The molecule has 0 spiro atoms. The van der Waals surface area contributed by atoms with Crippen LogP contribution in [0.2, 0.25) is 0 Å². The number of carbonyl (C=O) groups excluding carboxylic acids is 4. The number of halogens is 1. The molecule has 1 atom stereocenters. The number of rotatable bonds is 3. The molecule has 1 heterocycles. The molecule has 2 aliphatic rings. The van der Waals surface area contributed by atoms with Gasteiger partial charge in [-0.25, -0.2) is 4.39 Å². The van der Waals surface area contributed by atoms with Gasteiger partial charge in [-0.05, 0) is 48.7 Å². The maximum Gasteiger partial charge on any atom is 0.258 e. The SMILES string of the molecule is O=C1CCCC(=O)C(N2Cc3cc(NC(=O)c4ccccc4F)ccc3C2=O)CC1. The van der Waals surface area contributed by atoms with Gasteiger partial charge in [0.05, 0.1) is 11.6 Å². The molecule has 154 valence electrons. The second kappa shape index (κ2) is 8.18. The molecule has 0 radical (unpaired) electrons. The van der Waals surface area contributed by atoms with Crippen molar-refractivity contribution in [3.63, 3.8) is 0 Å². The Labute approximate surface area is 173 Å². The Balaban J connectivity index is 1.52. The number of nitrogens with zero attached hydrogens (tertiary/aromatic N) is 1. The molecule has 1 aliphatic heterocycles. The number of Topliss-reactive ketones (excluding diaryl/α,β-unsaturated/α-hetero) is 2. The van der Waals surface area contributed by atoms with E-state index >= 15 is 0 Å². The van der Waals surface area contributed by atoms with Gasteiger partial charge < -0.3 is 10.2 Å². The summed E-state index contributed by atoms with van der Waals surface area (Å²) < 4.78 is 13.8. The van der Waals surface area contributed by atoms with Gasteiger partial charge in [0.25, 0.3) is 11.8 Å². The van der Waals surface area contributed by atoms with Gasteiger partial charge in [0.1, 0.15) is 11.6 Å². The highest BCUT2D eigenvalue weighted by Crippen LogP contribution is 2.30. The average Bonchev–Trinajstić information content (AvgIpc) is 3.03. The van der Waals surface area contributed by atoms with Gasteiger partial charge in [0.15, 0.2) is 5.78 Å². The van der Waals surface area contributed by atoms with Gasteiger partial charge in [-0.3, -0.25) is 19.2 Å². The molecule has 1 unspecified atom stereocenters. The van der Waals surface area contributed by atoms with Crippen molar-refractivity contribution in [1.82, 2.24) is 4.90 Å². The van der Waals surface area contributed by atoms with Gasteiger partial charge in [-0.15, -0.1) is 0 Å². The summed E-state index contributed by atoms with van der Waals surface area (Å²) in [7, 11) is 0. The number of benzene rings is 2. The summed E-state index contributed by atoms with van der Waals surface area (Å²) in [5.41, 5.74) is 1.53. The van der Waals surface area contributed by atoms with Crippen molar-refractivity contribution in [3.8, 4) is 0 Å². The quantitative estimate of drug-likeness (QED) is 0.843. The maximum absolute atomic E-state index is 13.8. The number of fused-ring (bicyclic) bond motifs is 1. The van der Waals surface area contributed by atoms with Crippen LogP contribution >= 0.6 is 0 Å². The van der Waals surface area contributed by atoms with Crippen molar-refractivity contribution in [3.05, 3.63) is 65.0 Å². The lowest BCUT2D eigenvalue weighted by Gasteiger charge is -2.27. The Bertz CT molecular complexity index is 1050. The number of anilines is 1. The Kier molecular flexibility index (Phi) is 5.44. The Hall–Kier alpha value is -3.35. The zero-order valence-electron chi connectivity index (χ0n) is 16.3. The summed E-state index contributed by atoms with van der Waals surface area (Å²) in [6, 6.07) is 9.95. The molecular formula is C23H21FN2O4. The molecule has 4 rings (SSSR count). The summed E-state index contributed by atoms with van der Waals surface area (Å²) in [5.74, 6) is -1.34. The lowest BCUT2D eigenvalue weighted by Crippen LogP contribution is -2.42. The molecule has 2 aromatic rings. The fourth-order valence-corrected chi connectivity index (χ4v) is 4.06. The summed E-state index contributed by atoms with van der Waals surface area (Å²) in [6.07, 6.45) is 1.86. The third kappa shape index (κ3) is 3.87. The van der Waals surface area contributed by atoms with E-state index in [2.05, 4.69) is 5.32 Å². The standard InChI is InChI=1S/C23H21FN2O4/c24-19-6-2-1-5-18(19)22(29)25-15-8-10-17-14(12-15)13-26(23(17)30)20-11-9-16(27)4-3-7-21(20)28/h1-2,5-6,8,10,12,20H,3-4,7,9,11,13H2,(H,25,29). The van der Waals surface area contributed by atoms with E-state index in [1.54, 1.807) is 24.3 Å². The normalized spacial score (nSPS) is 19.3. The fraction of sp³-hybridized carbons (Fsp3) is 0.304. The first-order chi connectivity index (χ1) is 14.4. The first kappa shape index (κ1) is 19.9. The molecule has 2 amide bonds. The molecule has 7 heteroatoms. The second-order valence-corrected chi connectivity index (χ2v) is 7.65. The van der Waals surface area contributed by atoms with Crippen LogP contribution in [-0.4, -0.2) is 34.3 Å².